The standard InChI is InChI=1S/C16H17Cl2F3N4OS/c1-9(2)6-25-14(11-4-3-10(17)5-12(11)18)23-24-15(25)27-7-13(26)22-8-16(19,20)21/h3-5,9H,6-8H2,1-2H3,(H,22,26). The van der Waals surface area contributed by atoms with Crippen molar-refractivity contribution in [2.45, 2.75) is 31.7 Å². The normalized spacial score (nSPS) is 11.9. The lowest BCUT2D eigenvalue weighted by molar-refractivity contribution is -0.136. The van der Waals surface area contributed by atoms with Crippen LogP contribution in [0.2, 0.25) is 10.0 Å². The first kappa shape index (κ1) is 21.8. The summed E-state index contributed by atoms with van der Waals surface area (Å²) in [5.74, 6) is -0.198. The van der Waals surface area contributed by atoms with Gasteiger partial charge in [0.05, 0.1) is 10.8 Å². The second kappa shape index (κ2) is 9.16. The summed E-state index contributed by atoms with van der Waals surface area (Å²) < 4.78 is 38.3. The highest BCUT2D eigenvalue weighted by Crippen LogP contribution is 2.32. The fourth-order valence-corrected chi connectivity index (χ4v) is 3.45. The molecule has 1 amide bonds. The van der Waals surface area contributed by atoms with Crippen LogP contribution in [0.4, 0.5) is 13.2 Å². The molecule has 2 aromatic rings. The molecule has 0 spiro atoms. The molecule has 2 rings (SSSR count). The molecule has 1 aromatic carbocycles. The topological polar surface area (TPSA) is 59.8 Å². The van der Waals surface area contributed by atoms with Crippen LogP contribution in [0.5, 0.6) is 0 Å². The maximum atomic E-state index is 12.2. The second-order valence-electron chi connectivity index (χ2n) is 6.12. The summed E-state index contributed by atoms with van der Waals surface area (Å²) >= 11 is 13.2. The van der Waals surface area contributed by atoms with Crippen LogP contribution < -0.4 is 5.32 Å². The number of nitrogens with zero attached hydrogens (tertiary/aromatic N) is 3. The average Bonchev–Trinajstić information content (AvgIpc) is 2.92. The van der Waals surface area contributed by atoms with Crippen molar-refractivity contribution < 1.29 is 18.0 Å². The summed E-state index contributed by atoms with van der Waals surface area (Å²) in [4.78, 5) is 11.6. The smallest absolute Gasteiger partial charge is 0.346 e. The summed E-state index contributed by atoms with van der Waals surface area (Å²) in [6.45, 7) is 3.18. The van der Waals surface area contributed by atoms with E-state index in [1.807, 2.05) is 19.2 Å². The van der Waals surface area contributed by atoms with E-state index >= 15 is 0 Å². The Kier molecular flexibility index (Phi) is 7.41. The molecular weight excluding hydrogens is 424 g/mol. The van der Waals surface area contributed by atoms with Crippen LogP contribution in [-0.4, -0.2) is 39.1 Å². The van der Waals surface area contributed by atoms with Crippen molar-refractivity contribution in [3.05, 3.63) is 28.2 Å². The Bertz CT molecular complexity index is 811. The molecule has 0 atom stereocenters. The van der Waals surface area contributed by atoms with E-state index in [9.17, 15) is 18.0 Å². The molecule has 0 aliphatic rings. The molecule has 0 aliphatic carbocycles. The molecule has 1 heterocycles. The first-order chi connectivity index (χ1) is 12.6. The molecule has 0 aliphatic heterocycles. The van der Waals surface area contributed by atoms with Gasteiger partial charge in [0.2, 0.25) is 5.91 Å². The number of benzene rings is 1. The van der Waals surface area contributed by atoms with Gasteiger partial charge in [-0.15, -0.1) is 10.2 Å². The van der Waals surface area contributed by atoms with Gasteiger partial charge in [-0.2, -0.15) is 13.2 Å². The fourth-order valence-electron chi connectivity index (χ4n) is 2.18. The van der Waals surface area contributed by atoms with Gasteiger partial charge in [-0.3, -0.25) is 4.79 Å². The molecule has 148 valence electrons. The number of carbonyl (C=O) groups excluding carboxylic acids is 1. The average molecular weight is 441 g/mol. The van der Waals surface area contributed by atoms with Crippen LogP contribution in [0.15, 0.2) is 23.4 Å². The highest BCUT2D eigenvalue weighted by molar-refractivity contribution is 7.99. The van der Waals surface area contributed by atoms with Crippen molar-refractivity contribution in [1.29, 1.82) is 0 Å². The Labute approximate surface area is 168 Å². The summed E-state index contributed by atoms with van der Waals surface area (Å²) in [6, 6.07) is 4.98. The minimum absolute atomic E-state index is 0.208. The van der Waals surface area contributed by atoms with Crippen LogP contribution in [-0.2, 0) is 11.3 Å². The summed E-state index contributed by atoms with van der Waals surface area (Å²) in [5.41, 5.74) is 0.627. The summed E-state index contributed by atoms with van der Waals surface area (Å²) in [6.07, 6.45) is -4.45. The Balaban J connectivity index is 2.19. The number of thioether (sulfide) groups is 1. The van der Waals surface area contributed by atoms with E-state index in [2.05, 4.69) is 10.2 Å². The van der Waals surface area contributed by atoms with Gasteiger partial charge in [0.15, 0.2) is 11.0 Å². The molecule has 0 unspecified atom stereocenters. The largest absolute Gasteiger partial charge is 0.405 e. The zero-order valence-corrected chi connectivity index (χ0v) is 16.8. The van der Waals surface area contributed by atoms with Gasteiger partial charge in [-0.05, 0) is 24.1 Å². The Morgan fingerprint density at radius 3 is 2.59 bits per heavy atom. The van der Waals surface area contributed by atoms with Crippen LogP contribution >= 0.6 is 35.0 Å². The fraction of sp³-hybridized carbons (Fsp3) is 0.438. The molecule has 1 N–H and O–H groups in total. The number of rotatable bonds is 7. The number of aromatic nitrogens is 3. The predicted octanol–water partition coefficient (Wildman–Crippen LogP) is 4.68. The van der Waals surface area contributed by atoms with Gasteiger partial charge >= 0.3 is 6.18 Å². The van der Waals surface area contributed by atoms with Crippen molar-refractivity contribution in [1.82, 2.24) is 20.1 Å². The second-order valence-corrected chi connectivity index (χ2v) is 7.90. The Morgan fingerprint density at radius 1 is 1.30 bits per heavy atom. The van der Waals surface area contributed by atoms with Gasteiger partial charge in [0.1, 0.15) is 6.54 Å². The minimum atomic E-state index is -4.45. The number of hydrogen-bond acceptors (Lipinski definition) is 4. The number of nitrogens with one attached hydrogen (secondary N) is 1. The third kappa shape index (κ3) is 6.58. The third-order valence-electron chi connectivity index (χ3n) is 3.25. The molecule has 0 fully saturated rings. The molecule has 0 radical (unpaired) electrons. The highest BCUT2D eigenvalue weighted by atomic mass is 35.5. The predicted molar refractivity (Wildman–Crippen MR) is 100 cm³/mol. The van der Waals surface area contributed by atoms with Crippen LogP contribution in [0.3, 0.4) is 0 Å². The molecule has 5 nitrogen and oxygen atoms in total. The van der Waals surface area contributed by atoms with Crippen molar-refractivity contribution >= 4 is 40.9 Å². The molecule has 11 heteroatoms. The Hall–Kier alpha value is -1.45. The van der Waals surface area contributed by atoms with E-state index in [1.165, 1.54) is 0 Å². The number of alkyl halides is 3. The molecule has 0 bridgehead atoms. The molecule has 1 aromatic heterocycles. The Morgan fingerprint density at radius 2 is 2.00 bits per heavy atom. The first-order valence-corrected chi connectivity index (χ1v) is 9.66. The van der Waals surface area contributed by atoms with E-state index < -0.39 is 18.6 Å². The number of carbonyl (C=O) groups is 1. The monoisotopic (exact) mass is 440 g/mol. The SMILES string of the molecule is CC(C)Cn1c(SCC(=O)NCC(F)(F)F)nnc1-c1ccc(Cl)cc1Cl. The maximum absolute atomic E-state index is 12.2. The van der Waals surface area contributed by atoms with E-state index in [0.717, 1.165) is 11.8 Å². The van der Waals surface area contributed by atoms with Crippen LogP contribution in [0.1, 0.15) is 13.8 Å². The van der Waals surface area contributed by atoms with Crippen LogP contribution in [0, 0.1) is 5.92 Å². The van der Waals surface area contributed by atoms with Crippen molar-refractivity contribution in [3.63, 3.8) is 0 Å². The van der Waals surface area contributed by atoms with Crippen molar-refractivity contribution in [2.75, 3.05) is 12.3 Å². The van der Waals surface area contributed by atoms with E-state index in [0.29, 0.717) is 33.1 Å². The zero-order valence-electron chi connectivity index (χ0n) is 14.5. The van der Waals surface area contributed by atoms with E-state index in [-0.39, 0.29) is 11.7 Å². The highest BCUT2D eigenvalue weighted by Gasteiger charge is 2.27. The summed E-state index contributed by atoms with van der Waals surface area (Å²) in [7, 11) is 0. The quantitative estimate of drug-likeness (QED) is 0.634. The maximum Gasteiger partial charge on any atom is 0.405 e. The van der Waals surface area contributed by atoms with Gasteiger partial charge in [0, 0.05) is 17.1 Å². The molecule has 0 saturated heterocycles. The van der Waals surface area contributed by atoms with E-state index in [4.69, 9.17) is 23.2 Å². The van der Waals surface area contributed by atoms with Crippen molar-refractivity contribution in [3.8, 4) is 11.4 Å². The molecular formula is C16H17Cl2F3N4OS. The molecule has 0 saturated carbocycles. The lowest BCUT2D eigenvalue weighted by atomic mass is 10.2. The minimum Gasteiger partial charge on any atom is -0.346 e. The zero-order chi connectivity index (χ0) is 20.2. The van der Waals surface area contributed by atoms with Gasteiger partial charge in [-0.25, -0.2) is 0 Å². The number of halogens is 5. The third-order valence-corrected chi connectivity index (χ3v) is 4.77. The molecule has 27 heavy (non-hydrogen) atoms. The van der Waals surface area contributed by atoms with Gasteiger partial charge in [-0.1, -0.05) is 48.8 Å². The van der Waals surface area contributed by atoms with E-state index in [1.54, 1.807) is 22.8 Å². The number of amides is 1. The summed E-state index contributed by atoms with van der Waals surface area (Å²) in [5, 5.41) is 11.4. The van der Waals surface area contributed by atoms with Crippen LogP contribution in [0.25, 0.3) is 11.4 Å². The lowest BCUT2D eigenvalue weighted by Crippen LogP contribution is -2.34. The van der Waals surface area contributed by atoms with Gasteiger partial charge < -0.3 is 9.88 Å². The first-order valence-electron chi connectivity index (χ1n) is 7.91. The lowest BCUT2D eigenvalue weighted by Gasteiger charge is -2.13. The number of hydrogen-bond donors (Lipinski definition) is 1. The van der Waals surface area contributed by atoms with Crippen molar-refractivity contribution in [2.24, 2.45) is 5.92 Å². The van der Waals surface area contributed by atoms with Gasteiger partial charge in [0.25, 0.3) is 0 Å².